The molecule has 0 fully saturated rings. The van der Waals surface area contributed by atoms with Gasteiger partial charge in [0.2, 0.25) is 0 Å². The van der Waals surface area contributed by atoms with E-state index in [2.05, 4.69) is 0 Å². The van der Waals surface area contributed by atoms with Crippen LogP contribution in [0.4, 0.5) is 18.9 Å². The molecule has 0 bridgehead atoms. The summed E-state index contributed by atoms with van der Waals surface area (Å²) in [6.45, 7) is 0. The van der Waals surface area contributed by atoms with E-state index in [1.165, 1.54) is 11.3 Å². The van der Waals surface area contributed by atoms with E-state index in [0.717, 1.165) is 28.1 Å². The highest BCUT2D eigenvalue weighted by molar-refractivity contribution is 8.01. The zero-order valence-corrected chi connectivity index (χ0v) is 10.8. The van der Waals surface area contributed by atoms with Gasteiger partial charge in [-0.2, -0.15) is 13.2 Å². The van der Waals surface area contributed by atoms with Crippen LogP contribution < -0.4 is 0 Å². The summed E-state index contributed by atoms with van der Waals surface area (Å²) in [5.74, 6) is 0. The fraction of sp³-hybridized carbons (Fsp3) is 0.0909. The number of nitro groups is 1. The fourth-order valence-electron chi connectivity index (χ4n) is 1.35. The average Bonchev–Trinajstić information content (AvgIpc) is 2.80. The summed E-state index contributed by atoms with van der Waals surface area (Å²) in [6.07, 6.45) is -4.59. The maximum absolute atomic E-state index is 12.5. The second kappa shape index (κ2) is 5.22. The van der Waals surface area contributed by atoms with E-state index in [-0.39, 0.29) is 4.90 Å². The monoisotopic (exact) mass is 305 g/mol. The molecule has 0 saturated heterocycles. The third-order valence-corrected chi connectivity index (χ3v) is 4.29. The molecule has 0 N–H and O–H groups in total. The topological polar surface area (TPSA) is 43.1 Å². The van der Waals surface area contributed by atoms with Crippen LogP contribution in [0, 0.1) is 10.1 Å². The third kappa shape index (κ3) is 3.27. The van der Waals surface area contributed by atoms with Gasteiger partial charge in [-0.3, -0.25) is 10.1 Å². The van der Waals surface area contributed by atoms with Gasteiger partial charge in [-0.15, -0.1) is 11.3 Å². The van der Waals surface area contributed by atoms with Crippen molar-refractivity contribution in [1.82, 2.24) is 0 Å². The first-order chi connectivity index (χ1) is 8.88. The molecule has 3 nitrogen and oxygen atoms in total. The van der Waals surface area contributed by atoms with E-state index in [9.17, 15) is 23.3 Å². The summed E-state index contributed by atoms with van der Waals surface area (Å²) in [7, 11) is 0. The Hall–Kier alpha value is -1.54. The first kappa shape index (κ1) is 13.9. The molecule has 0 aliphatic carbocycles. The van der Waals surface area contributed by atoms with Crippen LogP contribution in [0.1, 0.15) is 5.56 Å². The van der Waals surface area contributed by atoms with Crippen LogP contribution in [-0.4, -0.2) is 4.92 Å². The Morgan fingerprint density at radius 2 is 2.00 bits per heavy atom. The Morgan fingerprint density at radius 1 is 1.26 bits per heavy atom. The lowest BCUT2D eigenvalue weighted by molar-refractivity contribution is -0.388. The van der Waals surface area contributed by atoms with Crippen molar-refractivity contribution in [2.75, 3.05) is 0 Å². The summed E-state index contributed by atoms with van der Waals surface area (Å²) in [4.78, 5) is 10.3. The SMILES string of the molecule is O=[N+]([O-])c1cc(C(F)(F)F)ccc1Sc1cccs1. The van der Waals surface area contributed by atoms with Crippen LogP contribution in [0.5, 0.6) is 0 Å². The zero-order chi connectivity index (χ0) is 14.0. The van der Waals surface area contributed by atoms with Gasteiger partial charge in [-0.05, 0) is 23.6 Å². The maximum Gasteiger partial charge on any atom is 0.416 e. The minimum atomic E-state index is -4.59. The highest BCUT2D eigenvalue weighted by Gasteiger charge is 2.33. The molecule has 1 aromatic heterocycles. The van der Waals surface area contributed by atoms with Gasteiger partial charge >= 0.3 is 6.18 Å². The molecule has 0 atom stereocenters. The molecule has 0 aliphatic rings. The van der Waals surface area contributed by atoms with Crippen LogP contribution in [0.15, 0.2) is 44.8 Å². The van der Waals surface area contributed by atoms with E-state index in [4.69, 9.17) is 0 Å². The molecule has 2 aromatic rings. The first-order valence-electron chi connectivity index (χ1n) is 4.95. The number of nitrogens with zero attached hydrogens (tertiary/aromatic N) is 1. The normalized spacial score (nSPS) is 11.5. The molecule has 1 aromatic carbocycles. The molecule has 0 saturated carbocycles. The summed E-state index contributed by atoms with van der Waals surface area (Å²) in [6, 6.07) is 6.06. The lowest BCUT2D eigenvalue weighted by Crippen LogP contribution is -2.05. The van der Waals surface area contributed by atoms with Crippen LogP contribution >= 0.6 is 23.1 Å². The second-order valence-electron chi connectivity index (χ2n) is 3.47. The van der Waals surface area contributed by atoms with Gasteiger partial charge in [0.25, 0.3) is 5.69 Å². The molecule has 0 spiro atoms. The number of halogens is 3. The Morgan fingerprint density at radius 3 is 2.53 bits per heavy atom. The molecule has 0 unspecified atom stereocenters. The van der Waals surface area contributed by atoms with Gasteiger partial charge in [0.05, 0.1) is 19.6 Å². The Balaban J connectivity index is 2.41. The van der Waals surface area contributed by atoms with Gasteiger partial charge in [-0.25, -0.2) is 0 Å². The van der Waals surface area contributed by atoms with Crippen LogP contribution in [-0.2, 0) is 6.18 Å². The summed E-state index contributed by atoms with van der Waals surface area (Å²) in [5, 5.41) is 12.6. The van der Waals surface area contributed by atoms with Gasteiger partial charge < -0.3 is 0 Å². The second-order valence-corrected chi connectivity index (χ2v) is 5.76. The molecule has 8 heteroatoms. The predicted octanol–water partition coefficient (Wildman–Crippen LogP) is 4.83. The molecule has 0 radical (unpaired) electrons. The minimum Gasteiger partial charge on any atom is -0.258 e. The van der Waals surface area contributed by atoms with Crippen molar-refractivity contribution < 1.29 is 18.1 Å². The van der Waals surface area contributed by atoms with E-state index >= 15 is 0 Å². The molecule has 1 heterocycles. The van der Waals surface area contributed by atoms with Crippen LogP contribution in [0.25, 0.3) is 0 Å². The van der Waals surface area contributed by atoms with Crippen molar-refractivity contribution in [3.63, 3.8) is 0 Å². The summed E-state index contributed by atoms with van der Waals surface area (Å²) >= 11 is 2.44. The molecule has 2 rings (SSSR count). The maximum atomic E-state index is 12.5. The average molecular weight is 305 g/mol. The minimum absolute atomic E-state index is 0.195. The van der Waals surface area contributed by atoms with E-state index in [1.807, 2.05) is 0 Å². The van der Waals surface area contributed by atoms with Gasteiger partial charge in [0.1, 0.15) is 0 Å². The molecule has 19 heavy (non-hydrogen) atoms. The smallest absolute Gasteiger partial charge is 0.258 e. The largest absolute Gasteiger partial charge is 0.416 e. The standard InChI is InChI=1S/C11H6F3NO2S2/c12-11(13,14)7-3-4-9(8(6-7)15(16)17)19-10-2-1-5-18-10/h1-6H. The van der Waals surface area contributed by atoms with E-state index in [0.29, 0.717) is 6.07 Å². The van der Waals surface area contributed by atoms with Crippen molar-refractivity contribution in [3.8, 4) is 0 Å². The van der Waals surface area contributed by atoms with Crippen molar-refractivity contribution in [2.24, 2.45) is 0 Å². The number of alkyl halides is 3. The number of hydrogen-bond donors (Lipinski definition) is 0. The number of rotatable bonds is 3. The Bertz CT molecular complexity index is 596. The predicted molar refractivity (Wildman–Crippen MR) is 66.5 cm³/mol. The molecule has 0 aliphatic heterocycles. The number of nitro benzene ring substituents is 1. The highest BCUT2D eigenvalue weighted by Crippen LogP contribution is 2.40. The summed E-state index contributed by atoms with van der Waals surface area (Å²) < 4.78 is 38.3. The zero-order valence-electron chi connectivity index (χ0n) is 9.18. The quantitative estimate of drug-likeness (QED) is 0.603. The summed E-state index contributed by atoms with van der Waals surface area (Å²) in [5.41, 5.74) is -1.55. The number of thiophene rings is 1. The molecule has 0 amide bonds. The van der Waals surface area contributed by atoms with Crippen molar-refractivity contribution in [3.05, 3.63) is 51.4 Å². The number of benzene rings is 1. The van der Waals surface area contributed by atoms with Crippen LogP contribution in [0.2, 0.25) is 0 Å². The van der Waals surface area contributed by atoms with Crippen molar-refractivity contribution >= 4 is 28.8 Å². The van der Waals surface area contributed by atoms with E-state index < -0.39 is 22.4 Å². The Kier molecular flexibility index (Phi) is 3.81. The van der Waals surface area contributed by atoms with Gasteiger partial charge in [0.15, 0.2) is 0 Å². The van der Waals surface area contributed by atoms with E-state index in [1.54, 1.807) is 17.5 Å². The molecule has 100 valence electrons. The van der Waals surface area contributed by atoms with Gasteiger partial charge in [-0.1, -0.05) is 17.8 Å². The Labute approximate surface area is 114 Å². The van der Waals surface area contributed by atoms with Gasteiger partial charge in [0, 0.05) is 6.07 Å². The first-order valence-corrected chi connectivity index (χ1v) is 6.64. The highest BCUT2D eigenvalue weighted by atomic mass is 32.2. The van der Waals surface area contributed by atoms with Crippen LogP contribution in [0.3, 0.4) is 0 Å². The number of hydrogen-bond acceptors (Lipinski definition) is 4. The lowest BCUT2D eigenvalue weighted by atomic mass is 10.2. The third-order valence-electron chi connectivity index (χ3n) is 2.19. The fourth-order valence-corrected chi connectivity index (χ4v) is 3.17. The molecular formula is C11H6F3NO2S2. The molecular weight excluding hydrogens is 299 g/mol. The van der Waals surface area contributed by atoms with Crippen molar-refractivity contribution in [1.29, 1.82) is 0 Å². The van der Waals surface area contributed by atoms with Crippen molar-refractivity contribution in [2.45, 2.75) is 15.3 Å². The lowest BCUT2D eigenvalue weighted by Gasteiger charge is -2.08.